The molecule has 5 nitrogen and oxygen atoms in total. The molecule has 1 N–H and O–H groups in total. The summed E-state index contributed by atoms with van der Waals surface area (Å²) in [7, 11) is -2.18. The van der Waals surface area contributed by atoms with E-state index in [9.17, 15) is 13.2 Å². The van der Waals surface area contributed by atoms with Crippen LogP contribution >= 0.6 is 0 Å². The summed E-state index contributed by atoms with van der Waals surface area (Å²) >= 11 is 0. The van der Waals surface area contributed by atoms with E-state index in [0.29, 0.717) is 6.42 Å². The SMILES string of the molecule is CCCCS(=O)(=O)NC(C)(C)C(=O)OC. The van der Waals surface area contributed by atoms with Crippen molar-refractivity contribution in [3.05, 3.63) is 0 Å². The molecular formula is C9H19NO4S. The fourth-order valence-corrected chi connectivity index (χ4v) is 2.70. The largest absolute Gasteiger partial charge is 0.468 e. The van der Waals surface area contributed by atoms with Crippen molar-refractivity contribution in [3.8, 4) is 0 Å². The van der Waals surface area contributed by atoms with Crippen LogP contribution in [0.25, 0.3) is 0 Å². The number of ether oxygens (including phenoxy) is 1. The Morgan fingerprint density at radius 1 is 1.40 bits per heavy atom. The molecule has 0 saturated carbocycles. The maximum absolute atomic E-state index is 11.5. The van der Waals surface area contributed by atoms with Gasteiger partial charge >= 0.3 is 5.97 Å². The number of carbonyl (C=O) groups is 1. The molecule has 0 bridgehead atoms. The minimum absolute atomic E-state index is 0.0317. The number of unbranched alkanes of at least 4 members (excludes halogenated alkanes) is 1. The maximum atomic E-state index is 11.5. The van der Waals surface area contributed by atoms with Crippen molar-refractivity contribution in [2.75, 3.05) is 12.9 Å². The molecule has 0 heterocycles. The molecule has 0 atom stereocenters. The van der Waals surface area contributed by atoms with E-state index in [1.807, 2.05) is 6.92 Å². The molecule has 0 aliphatic rings. The van der Waals surface area contributed by atoms with Gasteiger partial charge in [0.25, 0.3) is 0 Å². The van der Waals surface area contributed by atoms with Crippen LogP contribution in [0.4, 0.5) is 0 Å². The molecule has 0 fully saturated rings. The molecule has 0 amide bonds. The zero-order valence-electron chi connectivity index (χ0n) is 9.66. The first-order valence-corrected chi connectivity index (χ1v) is 6.50. The second kappa shape index (κ2) is 5.46. The van der Waals surface area contributed by atoms with Gasteiger partial charge in [-0.1, -0.05) is 13.3 Å². The topological polar surface area (TPSA) is 72.5 Å². The smallest absolute Gasteiger partial charge is 0.326 e. The first kappa shape index (κ1) is 14.4. The highest BCUT2D eigenvalue weighted by Gasteiger charge is 2.32. The Kier molecular flexibility index (Phi) is 5.23. The van der Waals surface area contributed by atoms with Crippen molar-refractivity contribution in [2.45, 2.75) is 39.2 Å². The minimum Gasteiger partial charge on any atom is -0.468 e. The van der Waals surface area contributed by atoms with Gasteiger partial charge < -0.3 is 4.74 Å². The monoisotopic (exact) mass is 237 g/mol. The second-order valence-corrected chi connectivity index (χ2v) is 5.73. The van der Waals surface area contributed by atoms with Gasteiger partial charge in [0, 0.05) is 0 Å². The number of rotatable bonds is 6. The van der Waals surface area contributed by atoms with E-state index in [4.69, 9.17) is 0 Å². The molecule has 6 heteroatoms. The minimum atomic E-state index is -3.41. The van der Waals surface area contributed by atoms with E-state index < -0.39 is 21.5 Å². The highest BCUT2D eigenvalue weighted by atomic mass is 32.2. The van der Waals surface area contributed by atoms with Crippen molar-refractivity contribution in [3.63, 3.8) is 0 Å². The van der Waals surface area contributed by atoms with E-state index in [2.05, 4.69) is 9.46 Å². The maximum Gasteiger partial charge on any atom is 0.326 e. The van der Waals surface area contributed by atoms with Gasteiger partial charge in [-0.25, -0.2) is 8.42 Å². The lowest BCUT2D eigenvalue weighted by Gasteiger charge is -2.22. The molecule has 0 aromatic heterocycles. The van der Waals surface area contributed by atoms with Crippen molar-refractivity contribution in [1.82, 2.24) is 4.72 Å². The lowest BCUT2D eigenvalue weighted by molar-refractivity contribution is -0.146. The van der Waals surface area contributed by atoms with Crippen LogP contribution in [0.2, 0.25) is 0 Å². The molecule has 90 valence electrons. The molecule has 0 aliphatic heterocycles. The summed E-state index contributed by atoms with van der Waals surface area (Å²) in [6, 6.07) is 0. The summed E-state index contributed by atoms with van der Waals surface area (Å²) in [6.45, 7) is 4.85. The Morgan fingerprint density at radius 2 is 1.93 bits per heavy atom. The third-order valence-corrected chi connectivity index (χ3v) is 3.52. The predicted molar refractivity (Wildman–Crippen MR) is 57.9 cm³/mol. The molecule has 0 radical (unpaired) electrons. The summed E-state index contributed by atoms with van der Waals surface area (Å²) in [5.74, 6) is -0.563. The lowest BCUT2D eigenvalue weighted by atomic mass is 10.1. The van der Waals surface area contributed by atoms with E-state index in [0.717, 1.165) is 6.42 Å². The van der Waals surface area contributed by atoms with Crippen LogP contribution in [0.5, 0.6) is 0 Å². The summed E-state index contributed by atoms with van der Waals surface area (Å²) < 4.78 is 29.8. The summed E-state index contributed by atoms with van der Waals surface area (Å²) in [5, 5.41) is 0. The molecule has 0 aliphatic carbocycles. The number of sulfonamides is 1. The number of methoxy groups -OCH3 is 1. The van der Waals surface area contributed by atoms with Crippen LogP contribution in [-0.2, 0) is 19.6 Å². The highest BCUT2D eigenvalue weighted by Crippen LogP contribution is 2.07. The highest BCUT2D eigenvalue weighted by molar-refractivity contribution is 7.89. The van der Waals surface area contributed by atoms with Gasteiger partial charge in [-0.05, 0) is 20.3 Å². The molecule has 0 spiro atoms. The molecule has 0 unspecified atom stereocenters. The molecule has 0 saturated heterocycles. The second-order valence-electron chi connectivity index (χ2n) is 3.89. The Hall–Kier alpha value is -0.620. The van der Waals surface area contributed by atoms with E-state index in [-0.39, 0.29) is 5.75 Å². The number of hydrogen-bond acceptors (Lipinski definition) is 4. The Bertz CT molecular complexity index is 308. The number of hydrogen-bond donors (Lipinski definition) is 1. The van der Waals surface area contributed by atoms with Crippen LogP contribution in [0.15, 0.2) is 0 Å². The van der Waals surface area contributed by atoms with Crippen LogP contribution in [0.1, 0.15) is 33.6 Å². The first-order chi connectivity index (χ1) is 6.75. The molecular weight excluding hydrogens is 218 g/mol. The number of nitrogens with one attached hydrogen (secondary N) is 1. The molecule has 15 heavy (non-hydrogen) atoms. The summed E-state index contributed by atoms with van der Waals surface area (Å²) in [4.78, 5) is 11.2. The third kappa shape index (κ3) is 5.13. The van der Waals surface area contributed by atoms with Gasteiger partial charge in [0.05, 0.1) is 12.9 Å². The van der Waals surface area contributed by atoms with Gasteiger partial charge in [-0.15, -0.1) is 0 Å². The normalized spacial score (nSPS) is 12.5. The van der Waals surface area contributed by atoms with Crippen LogP contribution in [0.3, 0.4) is 0 Å². The molecule has 0 aromatic rings. The predicted octanol–water partition coefficient (Wildman–Crippen LogP) is 0.657. The fourth-order valence-electron chi connectivity index (χ4n) is 1.07. The van der Waals surface area contributed by atoms with E-state index in [1.165, 1.54) is 21.0 Å². The summed E-state index contributed by atoms with van der Waals surface area (Å²) in [6.07, 6.45) is 1.37. The average molecular weight is 237 g/mol. The van der Waals surface area contributed by atoms with Crippen LogP contribution in [-0.4, -0.2) is 32.8 Å². The quantitative estimate of drug-likeness (QED) is 0.689. The number of carbonyl (C=O) groups excluding carboxylic acids is 1. The Balaban J connectivity index is 4.51. The van der Waals surface area contributed by atoms with Crippen LogP contribution < -0.4 is 4.72 Å². The van der Waals surface area contributed by atoms with Crippen molar-refractivity contribution in [1.29, 1.82) is 0 Å². The van der Waals surface area contributed by atoms with Crippen molar-refractivity contribution in [2.24, 2.45) is 0 Å². The zero-order chi connectivity index (χ0) is 12.1. The molecule has 0 aromatic carbocycles. The van der Waals surface area contributed by atoms with Gasteiger partial charge in [-0.3, -0.25) is 4.79 Å². The van der Waals surface area contributed by atoms with Gasteiger partial charge in [0.1, 0.15) is 5.54 Å². The van der Waals surface area contributed by atoms with Crippen LogP contribution in [0, 0.1) is 0 Å². The first-order valence-electron chi connectivity index (χ1n) is 4.85. The Labute approximate surface area is 91.2 Å². The third-order valence-electron chi connectivity index (χ3n) is 1.87. The van der Waals surface area contributed by atoms with E-state index in [1.54, 1.807) is 0 Å². The van der Waals surface area contributed by atoms with Crippen molar-refractivity contribution >= 4 is 16.0 Å². The van der Waals surface area contributed by atoms with E-state index >= 15 is 0 Å². The average Bonchev–Trinajstić information content (AvgIpc) is 2.11. The zero-order valence-corrected chi connectivity index (χ0v) is 10.5. The van der Waals surface area contributed by atoms with Crippen molar-refractivity contribution < 1.29 is 17.9 Å². The lowest BCUT2D eigenvalue weighted by Crippen LogP contribution is -2.50. The van der Waals surface area contributed by atoms with Gasteiger partial charge in [0.15, 0.2) is 0 Å². The van der Waals surface area contributed by atoms with Gasteiger partial charge in [-0.2, -0.15) is 4.72 Å². The summed E-state index contributed by atoms with van der Waals surface area (Å²) in [5.41, 5.74) is -1.21. The van der Waals surface area contributed by atoms with Gasteiger partial charge in [0.2, 0.25) is 10.0 Å². The standard InChI is InChI=1S/C9H19NO4S/c1-5-6-7-15(12,13)10-9(2,3)8(11)14-4/h10H,5-7H2,1-4H3. The molecule has 0 rings (SSSR count). The fraction of sp³-hybridized carbons (Fsp3) is 0.889. The Morgan fingerprint density at radius 3 is 2.33 bits per heavy atom. The number of esters is 1.